The first-order valence-corrected chi connectivity index (χ1v) is 9.44. The van der Waals surface area contributed by atoms with Gasteiger partial charge in [0.2, 0.25) is 5.91 Å². The van der Waals surface area contributed by atoms with E-state index in [1.54, 1.807) is 17.6 Å². The second-order valence-corrected chi connectivity index (χ2v) is 7.50. The van der Waals surface area contributed by atoms with Gasteiger partial charge < -0.3 is 9.73 Å². The van der Waals surface area contributed by atoms with Gasteiger partial charge in [0.05, 0.1) is 29.4 Å². The highest BCUT2D eigenvalue weighted by Gasteiger charge is 2.23. The standard InChI is InChI=1S/C20H20N2O2S/c1-13-21-18(12-25-13)15-7-5-14(6-8-15)11-20(23)22-17-3-2-4-19-16(17)9-10-24-19/h5-10,12,17H,2-4,11H2,1H3,(H,22,23). The monoisotopic (exact) mass is 352 g/mol. The maximum Gasteiger partial charge on any atom is 0.224 e. The number of carbonyl (C=O) groups is 1. The molecule has 2 heterocycles. The van der Waals surface area contributed by atoms with Crippen molar-refractivity contribution in [2.45, 2.75) is 38.6 Å². The average Bonchev–Trinajstić information content (AvgIpc) is 3.25. The van der Waals surface area contributed by atoms with Crippen molar-refractivity contribution in [3.05, 3.63) is 63.9 Å². The van der Waals surface area contributed by atoms with E-state index in [9.17, 15) is 4.79 Å². The number of hydrogen-bond acceptors (Lipinski definition) is 4. The molecule has 0 saturated heterocycles. The zero-order valence-corrected chi connectivity index (χ0v) is 14.9. The number of rotatable bonds is 4. The molecule has 1 amide bonds. The Balaban J connectivity index is 1.40. The molecule has 1 aromatic carbocycles. The number of aryl methyl sites for hydroxylation is 2. The molecule has 0 radical (unpaired) electrons. The first-order chi connectivity index (χ1) is 12.2. The highest BCUT2D eigenvalue weighted by molar-refractivity contribution is 7.09. The first-order valence-electron chi connectivity index (χ1n) is 8.56. The van der Waals surface area contributed by atoms with Crippen molar-refractivity contribution in [1.82, 2.24) is 10.3 Å². The zero-order chi connectivity index (χ0) is 17.2. The van der Waals surface area contributed by atoms with E-state index in [0.29, 0.717) is 6.42 Å². The largest absolute Gasteiger partial charge is 0.469 e. The van der Waals surface area contributed by atoms with E-state index < -0.39 is 0 Å². The van der Waals surface area contributed by atoms with Crippen molar-refractivity contribution in [3.63, 3.8) is 0 Å². The molecule has 4 rings (SSSR count). The molecule has 0 spiro atoms. The maximum absolute atomic E-state index is 12.4. The molecule has 0 bridgehead atoms. The summed E-state index contributed by atoms with van der Waals surface area (Å²) in [5.41, 5.74) is 4.22. The van der Waals surface area contributed by atoms with E-state index >= 15 is 0 Å². The quantitative estimate of drug-likeness (QED) is 0.755. The van der Waals surface area contributed by atoms with Gasteiger partial charge >= 0.3 is 0 Å². The Labute approximate surface area is 150 Å². The summed E-state index contributed by atoms with van der Waals surface area (Å²) in [5.74, 6) is 1.07. The van der Waals surface area contributed by atoms with E-state index in [1.165, 1.54) is 0 Å². The van der Waals surface area contributed by atoms with E-state index in [0.717, 1.165) is 52.4 Å². The number of hydrogen-bond donors (Lipinski definition) is 1. The Hall–Kier alpha value is -2.40. The van der Waals surface area contributed by atoms with Gasteiger partial charge in [-0.3, -0.25) is 4.79 Å². The smallest absolute Gasteiger partial charge is 0.224 e. The summed E-state index contributed by atoms with van der Waals surface area (Å²) in [5, 5.41) is 6.27. The van der Waals surface area contributed by atoms with Crippen LogP contribution in [0.3, 0.4) is 0 Å². The van der Waals surface area contributed by atoms with Crippen molar-refractivity contribution in [2.24, 2.45) is 0 Å². The third kappa shape index (κ3) is 3.51. The highest BCUT2D eigenvalue weighted by Crippen LogP contribution is 2.30. The minimum absolute atomic E-state index is 0.0521. The SMILES string of the molecule is Cc1nc(-c2ccc(CC(=O)NC3CCCc4occc43)cc2)cs1. The van der Waals surface area contributed by atoms with Crippen LogP contribution in [0.25, 0.3) is 11.3 Å². The van der Waals surface area contributed by atoms with Gasteiger partial charge in [0, 0.05) is 22.9 Å². The van der Waals surface area contributed by atoms with E-state index in [-0.39, 0.29) is 11.9 Å². The second-order valence-electron chi connectivity index (χ2n) is 6.44. The minimum atomic E-state index is 0.0521. The summed E-state index contributed by atoms with van der Waals surface area (Å²) in [6, 6.07) is 10.1. The van der Waals surface area contributed by atoms with Crippen LogP contribution < -0.4 is 5.32 Å². The number of aromatic nitrogens is 1. The average molecular weight is 352 g/mol. The molecular formula is C20H20N2O2S. The Morgan fingerprint density at radius 2 is 2.16 bits per heavy atom. The molecule has 4 nitrogen and oxygen atoms in total. The highest BCUT2D eigenvalue weighted by atomic mass is 32.1. The van der Waals surface area contributed by atoms with E-state index in [2.05, 4.69) is 15.7 Å². The first kappa shape index (κ1) is 16.1. The Bertz CT molecular complexity index is 879. The van der Waals surface area contributed by atoms with Crippen LogP contribution >= 0.6 is 11.3 Å². The van der Waals surface area contributed by atoms with Gasteiger partial charge in [-0.1, -0.05) is 24.3 Å². The second kappa shape index (κ2) is 6.84. The van der Waals surface area contributed by atoms with Crippen LogP contribution in [-0.2, 0) is 17.6 Å². The molecular weight excluding hydrogens is 332 g/mol. The fraction of sp³-hybridized carbons (Fsp3) is 0.300. The van der Waals surface area contributed by atoms with Gasteiger partial charge in [0.1, 0.15) is 5.76 Å². The molecule has 128 valence electrons. The number of fused-ring (bicyclic) bond motifs is 1. The number of amides is 1. The summed E-state index contributed by atoms with van der Waals surface area (Å²) in [6.45, 7) is 2.00. The molecule has 1 aliphatic rings. The topological polar surface area (TPSA) is 55.1 Å². The molecule has 1 atom stereocenters. The molecule has 3 aromatic rings. The molecule has 5 heteroatoms. The number of furan rings is 1. The number of thiazole rings is 1. The van der Waals surface area contributed by atoms with Crippen LogP contribution in [-0.4, -0.2) is 10.9 Å². The van der Waals surface area contributed by atoms with Gasteiger partial charge in [0.25, 0.3) is 0 Å². The van der Waals surface area contributed by atoms with Crippen molar-refractivity contribution < 1.29 is 9.21 Å². The Morgan fingerprint density at radius 3 is 2.92 bits per heavy atom. The van der Waals surface area contributed by atoms with Gasteiger partial charge in [0.15, 0.2) is 0 Å². The van der Waals surface area contributed by atoms with E-state index in [4.69, 9.17) is 4.42 Å². The lowest BCUT2D eigenvalue weighted by molar-refractivity contribution is -0.121. The van der Waals surface area contributed by atoms with Crippen LogP contribution in [0.5, 0.6) is 0 Å². The maximum atomic E-state index is 12.4. The van der Waals surface area contributed by atoms with Crippen LogP contribution in [0.1, 0.15) is 40.8 Å². The Morgan fingerprint density at radius 1 is 1.32 bits per heavy atom. The number of carbonyl (C=O) groups excluding carboxylic acids is 1. The van der Waals surface area contributed by atoms with Crippen molar-refractivity contribution in [3.8, 4) is 11.3 Å². The minimum Gasteiger partial charge on any atom is -0.469 e. The van der Waals surface area contributed by atoms with Gasteiger partial charge in [-0.15, -0.1) is 11.3 Å². The number of nitrogens with zero attached hydrogens (tertiary/aromatic N) is 1. The summed E-state index contributed by atoms with van der Waals surface area (Å²) < 4.78 is 5.49. The van der Waals surface area contributed by atoms with Crippen LogP contribution in [0.4, 0.5) is 0 Å². The molecule has 1 aliphatic carbocycles. The summed E-state index contributed by atoms with van der Waals surface area (Å²) in [6.07, 6.45) is 5.09. The lowest BCUT2D eigenvalue weighted by Crippen LogP contribution is -2.31. The molecule has 2 aromatic heterocycles. The summed E-state index contributed by atoms with van der Waals surface area (Å²) in [7, 11) is 0. The normalized spacial score (nSPS) is 16.4. The van der Waals surface area contributed by atoms with Crippen LogP contribution in [0.15, 0.2) is 46.4 Å². The summed E-state index contributed by atoms with van der Waals surface area (Å²) in [4.78, 5) is 16.9. The zero-order valence-electron chi connectivity index (χ0n) is 14.1. The molecule has 0 aliphatic heterocycles. The molecule has 0 fully saturated rings. The molecule has 25 heavy (non-hydrogen) atoms. The third-order valence-electron chi connectivity index (χ3n) is 4.62. The summed E-state index contributed by atoms with van der Waals surface area (Å²) >= 11 is 1.65. The van der Waals surface area contributed by atoms with Crippen molar-refractivity contribution in [1.29, 1.82) is 0 Å². The van der Waals surface area contributed by atoms with Crippen molar-refractivity contribution >= 4 is 17.2 Å². The predicted molar refractivity (Wildman–Crippen MR) is 98.5 cm³/mol. The van der Waals surface area contributed by atoms with Crippen LogP contribution in [0, 0.1) is 6.92 Å². The van der Waals surface area contributed by atoms with Gasteiger partial charge in [-0.2, -0.15) is 0 Å². The lowest BCUT2D eigenvalue weighted by atomic mass is 9.93. The van der Waals surface area contributed by atoms with Crippen LogP contribution in [0.2, 0.25) is 0 Å². The van der Waals surface area contributed by atoms with Gasteiger partial charge in [-0.05, 0) is 31.4 Å². The molecule has 1 N–H and O–H groups in total. The van der Waals surface area contributed by atoms with Gasteiger partial charge in [-0.25, -0.2) is 4.98 Å². The third-order valence-corrected chi connectivity index (χ3v) is 5.39. The number of benzene rings is 1. The predicted octanol–water partition coefficient (Wildman–Crippen LogP) is 4.45. The lowest BCUT2D eigenvalue weighted by Gasteiger charge is -2.22. The molecule has 0 saturated carbocycles. The molecule has 1 unspecified atom stereocenters. The van der Waals surface area contributed by atoms with Crippen molar-refractivity contribution in [2.75, 3.05) is 0 Å². The Kier molecular flexibility index (Phi) is 4.40. The number of nitrogens with one attached hydrogen (secondary N) is 1. The van der Waals surface area contributed by atoms with E-state index in [1.807, 2.05) is 37.3 Å². The fourth-order valence-corrected chi connectivity index (χ4v) is 3.98. The fourth-order valence-electron chi connectivity index (χ4n) is 3.36.